The molecule has 0 spiro atoms. The third kappa shape index (κ3) is 3.45. The number of pyridine rings is 1. The highest BCUT2D eigenvalue weighted by Crippen LogP contribution is 2.29. The average Bonchev–Trinajstić information content (AvgIpc) is 3.04. The van der Waals surface area contributed by atoms with E-state index in [2.05, 4.69) is 9.71 Å². The zero-order valence-corrected chi connectivity index (χ0v) is 15.0. The number of nitrogens with one attached hydrogen (secondary N) is 1. The number of sulfonamides is 1. The Morgan fingerprint density at radius 3 is 2.60 bits per heavy atom. The Bertz CT molecular complexity index is 1010. The van der Waals surface area contributed by atoms with Crippen molar-refractivity contribution < 1.29 is 17.9 Å². The molecule has 0 amide bonds. The van der Waals surface area contributed by atoms with E-state index >= 15 is 0 Å². The molecule has 1 N–H and O–H groups in total. The summed E-state index contributed by atoms with van der Waals surface area (Å²) < 4.78 is 39.7. The predicted molar refractivity (Wildman–Crippen MR) is 93.5 cm³/mol. The van der Waals surface area contributed by atoms with Crippen molar-refractivity contribution in [1.82, 2.24) is 14.1 Å². The first-order valence-corrected chi connectivity index (χ1v) is 9.08. The lowest BCUT2D eigenvalue weighted by molar-refractivity contribution is 0.354. The van der Waals surface area contributed by atoms with Crippen LogP contribution in [0.3, 0.4) is 0 Å². The average molecular weight is 361 g/mol. The zero-order valence-electron chi connectivity index (χ0n) is 14.2. The van der Waals surface area contributed by atoms with Crippen molar-refractivity contribution in [1.29, 1.82) is 0 Å². The summed E-state index contributed by atoms with van der Waals surface area (Å²) in [5.41, 5.74) is 2.47. The molecule has 0 bridgehead atoms. The van der Waals surface area contributed by atoms with E-state index in [0.29, 0.717) is 17.2 Å². The maximum Gasteiger partial charge on any atom is 0.241 e. The van der Waals surface area contributed by atoms with Crippen LogP contribution in [0.4, 0.5) is 0 Å². The molecular weight excluding hydrogens is 342 g/mol. The van der Waals surface area contributed by atoms with Gasteiger partial charge in [0.15, 0.2) is 11.5 Å². The first-order valence-electron chi connectivity index (χ1n) is 7.59. The van der Waals surface area contributed by atoms with Gasteiger partial charge in [0, 0.05) is 18.5 Å². The molecule has 0 saturated carbocycles. The summed E-state index contributed by atoms with van der Waals surface area (Å²) in [5, 5.41) is 0. The molecule has 0 fully saturated rings. The van der Waals surface area contributed by atoms with Gasteiger partial charge in [0.25, 0.3) is 0 Å². The number of benzene rings is 1. The van der Waals surface area contributed by atoms with Crippen LogP contribution in [0.15, 0.2) is 47.6 Å². The van der Waals surface area contributed by atoms with Crippen LogP contribution in [-0.2, 0) is 16.6 Å². The van der Waals surface area contributed by atoms with E-state index < -0.39 is 10.0 Å². The highest BCUT2D eigenvalue weighted by molar-refractivity contribution is 7.89. The lowest BCUT2D eigenvalue weighted by Crippen LogP contribution is -2.23. The number of imidazole rings is 1. The van der Waals surface area contributed by atoms with Crippen molar-refractivity contribution in [3.63, 3.8) is 0 Å². The molecule has 2 aromatic heterocycles. The van der Waals surface area contributed by atoms with Crippen LogP contribution in [0.1, 0.15) is 11.3 Å². The summed E-state index contributed by atoms with van der Waals surface area (Å²) in [6, 6.07) is 8.33. The lowest BCUT2D eigenvalue weighted by atomic mass is 10.3. The number of hydrogen-bond acceptors (Lipinski definition) is 5. The number of hydrogen-bond donors (Lipinski definition) is 1. The molecule has 0 aliphatic heterocycles. The van der Waals surface area contributed by atoms with Gasteiger partial charge in [-0.15, -0.1) is 0 Å². The molecule has 8 heteroatoms. The Morgan fingerprint density at radius 1 is 1.16 bits per heavy atom. The van der Waals surface area contributed by atoms with Crippen LogP contribution in [-0.4, -0.2) is 32.0 Å². The smallest absolute Gasteiger partial charge is 0.241 e. The fourth-order valence-electron chi connectivity index (χ4n) is 2.53. The maximum atomic E-state index is 12.5. The fraction of sp³-hybridized carbons (Fsp3) is 0.235. The van der Waals surface area contributed by atoms with Gasteiger partial charge in [0.2, 0.25) is 10.0 Å². The van der Waals surface area contributed by atoms with Crippen molar-refractivity contribution in [2.75, 3.05) is 14.2 Å². The molecule has 132 valence electrons. The Balaban J connectivity index is 1.82. The van der Waals surface area contributed by atoms with Crippen LogP contribution in [0.2, 0.25) is 0 Å². The molecule has 3 aromatic rings. The van der Waals surface area contributed by atoms with E-state index in [1.807, 2.05) is 29.7 Å². The third-order valence-electron chi connectivity index (χ3n) is 3.84. The molecule has 3 rings (SSSR count). The minimum absolute atomic E-state index is 0.0950. The Labute approximate surface area is 146 Å². The molecule has 25 heavy (non-hydrogen) atoms. The van der Waals surface area contributed by atoms with Gasteiger partial charge in [-0.25, -0.2) is 18.1 Å². The molecule has 1 aromatic carbocycles. The summed E-state index contributed by atoms with van der Waals surface area (Å²) in [6.45, 7) is 2.05. The molecule has 7 nitrogen and oxygen atoms in total. The number of aryl methyl sites for hydroxylation is 1. The predicted octanol–water partition coefficient (Wildman–Crippen LogP) is 2.14. The van der Waals surface area contributed by atoms with Crippen molar-refractivity contribution in [2.24, 2.45) is 0 Å². The molecule has 2 heterocycles. The Morgan fingerprint density at radius 2 is 1.92 bits per heavy atom. The molecule has 0 unspecified atom stereocenters. The van der Waals surface area contributed by atoms with Crippen molar-refractivity contribution >= 4 is 15.7 Å². The number of fused-ring (bicyclic) bond motifs is 1. The lowest BCUT2D eigenvalue weighted by Gasteiger charge is -2.10. The molecular formula is C17H19N3O4S. The highest BCUT2D eigenvalue weighted by atomic mass is 32.2. The van der Waals surface area contributed by atoms with Crippen LogP contribution in [0.25, 0.3) is 5.65 Å². The van der Waals surface area contributed by atoms with Gasteiger partial charge >= 0.3 is 0 Å². The molecule has 0 atom stereocenters. The van der Waals surface area contributed by atoms with E-state index in [1.165, 1.54) is 26.4 Å². The monoisotopic (exact) mass is 361 g/mol. The van der Waals surface area contributed by atoms with Crippen molar-refractivity contribution in [3.05, 3.63) is 54.0 Å². The Hall–Kier alpha value is -2.58. The zero-order chi connectivity index (χ0) is 18.0. The summed E-state index contributed by atoms with van der Waals surface area (Å²) in [6.07, 6.45) is 3.68. The topological polar surface area (TPSA) is 81.9 Å². The van der Waals surface area contributed by atoms with Crippen molar-refractivity contribution in [2.45, 2.75) is 18.4 Å². The standard InChI is InChI=1S/C17H19N3O4S/c1-12-5-4-8-20-11-13(19-17(12)20)10-18-25(21,22)14-6-7-15(23-2)16(9-14)24-3/h4-9,11,18H,10H2,1-3H3. The Kier molecular flexibility index (Phi) is 4.65. The van der Waals surface area contributed by atoms with Gasteiger partial charge < -0.3 is 13.9 Å². The summed E-state index contributed by atoms with van der Waals surface area (Å²) in [5.74, 6) is 0.825. The number of ether oxygens (including phenoxy) is 2. The maximum absolute atomic E-state index is 12.5. The number of aromatic nitrogens is 2. The number of nitrogens with zero attached hydrogens (tertiary/aromatic N) is 2. The molecule has 0 radical (unpaired) electrons. The van der Waals surface area contributed by atoms with Crippen LogP contribution >= 0.6 is 0 Å². The highest BCUT2D eigenvalue weighted by Gasteiger charge is 2.17. The second-order valence-corrected chi connectivity index (χ2v) is 7.26. The van der Waals surface area contributed by atoms with Gasteiger partial charge in [-0.2, -0.15) is 0 Å². The SMILES string of the molecule is COc1ccc(S(=O)(=O)NCc2cn3cccc(C)c3n2)cc1OC. The summed E-state index contributed by atoms with van der Waals surface area (Å²) in [7, 11) is -0.744. The minimum atomic E-state index is -3.70. The fourth-order valence-corrected chi connectivity index (χ4v) is 3.54. The number of methoxy groups -OCH3 is 2. The first-order chi connectivity index (χ1) is 11.9. The molecule has 0 aliphatic rings. The van der Waals surface area contributed by atoms with Gasteiger partial charge in [0.1, 0.15) is 5.65 Å². The second kappa shape index (κ2) is 6.73. The molecule has 0 saturated heterocycles. The van der Waals surface area contributed by atoms with Gasteiger partial charge in [-0.3, -0.25) is 0 Å². The van der Waals surface area contributed by atoms with Crippen LogP contribution in [0, 0.1) is 6.92 Å². The summed E-state index contributed by atoms with van der Waals surface area (Å²) >= 11 is 0. The van der Waals surface area contributed by atoms with Crippen LogP contribution < -0.4 is 14.2 Å². The van der Waals surface area contributed by atoms with E-state index in [4.69, 9.17) is 9.47 Å². The van der Waals surface area contributed by atoms with E-state index in [0.717, 1.165) is 11.2 Å². The normalized spacial score (nSPS) is 11.6. The van der Waals surface area contributed by atoms with Gasteiger partial charge in [-0.1, -0.05) is 6.07 Å². The van der Waals surface area contributed by atoms with E-state index in [-0.39, 0.29) is 11.4 Å². The second-order valence-electron chi connectivity index (χ2n) is 5.50. The van der Waals surface area contributed by atoms with Crippen molar-refractivity contribution in [3.8, 4) is 11.5 Å². The first kappa shape index (κ1) is 17.2. The van der Waals surface area contributed by atoms with Crippen LogP contribution in [0.5, 0.6) is 11.5 Å². The van der Waals surface area contributed by atoms with E-state index in [9.17, 15) is 8.42 Å². The molecule has 0 aliphatic carbocycles. The van der Waals surface area contributed by atoms with Gasteiger partial charge in [-0.05, 0) is 30.7 Å². The quantitative estimate of drug-likeness (QED) is 0.727. The van der Waals surface area contributed by atoms with Gasteiger partial charge in [0.05, 0.1) is 31.4 Å². The number of rotatable bonds is 6. The summed E-state index contributed by atoms with van der Waals surface area (Å²) in [4.78, 5) is 4.56. The largest absolute Gasteiger partial charge is 0.493 e. The third-order valence-corrected chi connectivity index (χ3v) is 5.24. The minimum Gasteiger partial charge on any atom is -0.493 e. The van der Waals surface area contributed by atoms with E-state index in [1.54, 1.807) is 12.3 Å².